The molecule has 1 saturated heterocycles. The van der Waals surface area contributed by atoms with Crippen LogP contribution >= 0.6 is 23.5 Å². The molecule has 1 fully saturated rings. The van der Waals surface area contributed by atoms with Crippen molar-refractivity contribution in [2.75, 3.05) is 17.3 Å². The molecule has 0 aromatic rings. The minimum atomic E-state index is -4.58. The van der Waals surface area contributed by atoms with Crippen molar-refractivity contribution in [2.24, 2.45) is 10.8 Å². The van der Waals surface area contributed by atoms with Gasteiger partial charge in [0.2, 0.25) is 0 Å². The number of esters is 1. The van der Waals surface area contributed by atoms with Crippen LogP contribution in [0.4, 0.5) is 13.2 Å². The van der Waals surface area contributed by atoms with Gasteiger partial charge < -0.3 is 4.74 Å². The lowest BCUT2D eigenvalue weighted by atomic mass is 9.87. The lowest BCUT2D eigenvalue weighted by molar-refractivity contribution is -0.231. The Morgan fingerprint density at radius 3 is 2.45 bits per heavy atom. The Bertz CT molecular complexity index is 358. The number of rotatable bonds is 3. The van der Waals surface area contributed by atoms with Gasteiger partial charge >= 0.3 is 12.1 Å². The first-order valence-electron chi connectivity index (χ1n) is 6.49. The molecule has 0 aliphatic carbocycles. The fourth-order valence-electron chi connectivity index (χ4n) is 1.62. The van der Waals surface area contributed by atoms with Gasteiger partial charge in [0, 0.05) is 11.5 Å². The molecule has 1 rings (SSSR count). The van der Waals surface area contributed by atoms with Gasteiger partial charge in [-0.15, -0.1) is 11.8 Å². The Labute approximate surface area is 126 Å². The first-order valence-corrected chi connectivity index (χ1v) is 8.69. The number of hydrogen-bond donors (Lipinski definition) is 0. The molecule has 7 heteroatoms. The van der Waals surface area contributed by atoms with Crippen molar-refractivity contribution >= 4 is 29.5 Å². The molecule has 20 heavy (non-hydrogen) atoms. The SMILES string of the molecule is CCC(C)(C(=O)OC1CSCC(C)(C)CS1)C(F)(F)F. The van der Waals surface area contributed by atoms with E-state index in [-0.39, 0.29) is 11.8 Å². The molecule has 0 aromatic heterocycles. The summed E-state index contributed by atoms with van der Waals surface area (Å²) in [5.41, 5.74) is -2.81. The molecule has 1 aliphatic rings. The van der Waals surface area contributed by atoms with Gasteiger partial charge in [0.05, 0.1) is 0 Å². The Kier molecular flexibility index (Phi) is 5.75. The highest BCUT2D eigenvalue weighted by Gasteiger charge is 2.57. The van der Waals surface area contributed by atoms with Gasteiger partial charge in [-0.25, -0.2) is 0 Å². The number of halogens is 3. The number of ether oxygens (including phenoxy) is 1. The van der Waals surface area contributed by atoms with Crippen LogP contribution in [-0.2, 0) is 9.53 Å². The average molecular weight is 330 g/mol. The molecule has 0 radical (unpaired) electrons. The summed E-state index contributed by atoms with van der Waals surface area (Å²) < 4.78 is 44.1. The number of thioether (sulfide) groups is 2. The van der Waals surface area contributed by atoms with E-state index in [4.69, 9.17) is 4.74 Å². The molecule has 0 bridgehead atoms. The third-order valence-electron chi connectivity index (χ3n) is 3.43. The summed E-state index contributed by atoms with van der Waals surface area (Å²) in [6.45, 7) is 6.47. The zero-order valence-electron chi connectivity index (χ0n) is 12.2. The first kappa shape index (κ1) is 18.0. The van der Waals surface area contributed by atoms with Crippen molar-refractivity contribution in [1.82, 2.24) is 0 Å². The Morgan fingerprint density at radius 2 is 1.95 bits per heavy atom. The van der Waals surface area contributed by atoms with Crippen LogP contribution < -0.4 is 0 Å². The van der Waals surface area contributed by atoms with E-state index in [9.17, 15) is 18.0 Å². The predicted octanol–water partition coefficient (Wildman–Crippen LogP) is 4.34. The standard InChI is InChI=1S/C13H21F3O2S2/c1-5-12(4,13(14,15)16)10(17)18-9-6-19-7-11(2,3)8-20-9/h9H,5-8H2,1-4H3. The van der Waals surface area contributed by atoms with Gasteiger partial charge in [0.25, 0.3) is 0 Å². The van der Waals surface area contributed by atoms with E-state index in [2.05, 4.69) is 13.8 Å². The normalized spacial score (nSPS) is 26.4. The van der Waals surface area contributed by atoms with E-state index >= 15 is 0 Å². The maximum absolute atomic E-state index is 13.0. The Morgan fingerprint density at radius 1 is 1.35 bits per heavy atom. The summed E-state index contributed by atoms with van der Waals surface area (Å²) in [6, 6.07) is 0. The van der Waals surface area contributed by atoms with Gasteiger partial charge in [-0.05, 0) is 24.5 Å². The van der Waals surface area contributed by atoms with E-state index in [1.54, 1.807) is 11.8 Å². The van der Waals surface area contributed by atoms with E-state index in [0.717, 1.165) is 18.4 Å². The van der Waals surface area contributed by atoms with Crippen molar-refractivity contribution in [3.8, 4) is 0 Å². The Balaban J connectivity index is 2.70. The zero-order valence-corrected chi connectivity index (χ0v) is 13.8. The predicted molar refractivity (Wildman–Crippen MR) is 77.9 cm³/mol. The van der Waals surface area contributed by atoms with Crippen molar-refractivity contribution in [3.63, 3.8) is 0 Å². The minimum Gasteiger partial charge on any atom is -0.450 e. The molecule has 0 amide bonds. The maximum atomic E-state index is 13.0. The zero-order chi connectivity index (χ0) is 15.6. The maximum Gasteiger partial charge on any atom is 0.404 e. The number of carbonyl (C=O) groups excluding carboxylic acids is 1. The summed E-state index contributed by atoms with van der Waals surface area (Å²) in [6.07, 6.45) is -4.90. The van der Waals surface area contributed by atoms with E-state index in [1.807, 2.05) is 0 Å². The Hall–Kier alpha value is -0.0400. The lowest BCUT2D eigenvalue weighted by Crippen LogP contribution is -2.44. The van der Waals surface area contributed by atoms with E-state index in [0.29, 0.717) is 5.75 Å². The number of hydrogen-bond acceptors (Lipinski definition) is 4. The summed E-state index contributed by atoms with van der Waals surface area (Å²) in [7, 11) is 0. The summed E-state index contributed by atoms with van der Waals surface area (Å²) in [5.74, 6) is 1.06. The second-order valence-electron chi connectivity index (χ2n) is 6.01. The molecular weight excluding hydrogens is 309 g/mol. The van der Waals surface area contributed by atoms with E-state index in [1.165, 1.54) is 18.7 Å². The highest BCUT2D eigenvalue weighted by atomic mass is 32.2. The third-order valence-corrected chi connectivity index (χ3v) is 6.75. The molecule has 2 unspecified atom stereocenters. The molecule has 2 atom stereocenters. The number of alkyl halides is 3. The summed E-state index contributed by atoms with van der Waals surface area (Å²) in [5, 5.41) is 0. The number of carbonyl (C=O) groups is 1. The average Bonchev–Trinajstić information content (AvgIpc) is 2.48. The fraction of sp³-hybridized carbons (Fsp3) is 0.923. The lowest BCUT2D eigenvalue weighted by Gasteiger charge is -2.30. The van der Waals surface area contributed by atoms with Crippen molar-refractivity contribution in [3.05, 3.63) is 0 Å². The molecule has 2 nitrogen and oxygen atoms in total. The van der Waals surface area contributed by atoms with Crippen LogP contribution in [0.2, 0.25) is 0 Å². The van der Waals surface area contributed by atoms with E-state index < -0.39 is 23.0 Å². The molecule has 118 valence electrons. The van der Waals surface area contributed by atoms with Crippen LogP contribution in [0.25, 0.3) is 0 Å². The highest BCUT2D eigenvalue weighted by Crippen LogP contribution is 2.43. The molecule has 0 saturated carbocycles. The molecular formula is C13H21F3O2S2. The van der Waals surface area contributed by atoms with Crippen LogP contribution in [0.5, 0.6) is 0 Å². The first-order chi connectivity index (χ1) is 9.02. The second-order valence-corrected chi connectivity index (χ2v) is 8.19. The van der Waals surface area contributed by atoms with Crippen molar-refractivity contribution < 1.29 is 22.7 Å². The van der Waals surface area contributed by atoms with Crippen LogP contribution in [0, 0.1) is 10.8 Å². The van der Waals surface area contributed by atoms with Crippen molar-refractivity contribution in [2.45, 2.75) is 45.7 Å². The monoisotopic (exact) mass is 330 g/mol. The molecule has 0 spiro atoms. The molecule has 1 heterocycles. The topological polar surface area (TPSA) is 26.3 Å². The smallest absolute Gasteiger partial charge is 0.404 e. The van der Waals surface area contributed by atoms with Gasteiger partial charge in [0.15, 0.2) is 10.9 Å². The highest BCUT2D eigenvalue weighted by molar-refractivity contribution is 8.03. The van der Waals surface area contributed by atoms with Gasteiger partial charge in [0.1, 0.15) is 0 Å². The van der Waals surface area contributed by atoms with Crippen LogP contribution in [0.3, 0.4) is 0 Å². The largest absolute Gasteiger partial charge is 0.450 e. The van der Waals surface area contributed by atoms with Gasteiger partial charge in [-0.1, -0.05) is 20.8 Å². The molecule has 0 N–H and O–H groups in total. The quantitative estimate of drug-likeness (QED) is 0.719. The van der Waals surface area contributed by atoms with Gasteiger partial charge in [-0.2, -0.15) is 24.9 Å². The summed E-state index contributed by atoms with van der Waals surface area (Å²) in [4.78, 5) is 11.9. The second kappa shape index (κ2) is 6.38. The van der Waals surface area contributed by atoms with Crippen molar-refractivity contribution in [1.29, 1.82) is 0 Å². The minimum absolute atomic E-state index is 0.106. The van der Waals surface area contributed by atoms with Crippen LogP contribution in [-0.4, -0.2) is 34.8 Å². The van der Waals surface area contributed by atoms with Crippen LogP contribution in [0.1, 0.15) is 34.1 Å². The summed E-state index contributed by atoms with van der Waals surface area (Å²) >= 11 is 3.04. The fourth-order valence-corrected chi connectivity index (χ4v) is 4.35. The van der Waals surface area contributed by atoms with Gasteiger partial charge in [-0.3, -0.25) is 4.79 Å². The molecule has 0 aromatic carbocycles. The van der Waals surface area contributed by atoms with Crippen LogP contribution in [0.15, 0.2) is 0 Å². The third kappa shape index (κ3) is 4.23. The molecule has 1 aliphatic heterocycles.